The maximum Gasteiger partial charge on any atom is 0.331 e. The van der Waals surface area contributed by atoms with Crippen LogP contribution in [0.1, 0.15) is 19.8 Å². The topological polar surface area (TPSA) is 96.7 Å². The van der Waals surface area contributed by atoms with Gasteiger partial charge < -0.3 is 10.2 Å². The smallest absolute Gasteiger partial charge is 0.331 e. The predicted molar refractivity (Wildman–Crippen MR) is 112 cm³/mol. The molecule has 0 radical (unpaired) electrons. The van der Waals surface area contributed by atoms with Crippen molar-refractivity contribution in [2.75, 3.05) is 32.7 Å². The maximum absolute atomic E-state index is 12.9. The largest absolute Gasteiger partial charge is 0.352 e. The first-order chi connectivity index (χ1) is 14.5. The third kappa shape index (κ3) is 4.16. The van der Waals surface area contributed by atoms with Crippen molar-refractivity contribution in [3.8, 4) is 0 Å². The van der Waals surface area contributed by atoms with Crippen LogP contribution in [0.15, 0.2) is 33.9 Å². The van der Waals surface area contributed by atoms with Gasteiger partial charge in [0.1, 0.15) is 6.54 Å². The van der Waals surface area contributed by atoms with E-state index in [1.54, 1.807) is 36.1 Å². The van der Waals surface area contributed by atoms with Crippen molar-refractivity contribution in [1.82, 2.24) is 24.3 Å². The van der Waals surface area contributed by atoms with Crippen molar-refractivity contribution in [2.24, 2.45) is 0 Å². The summed E-state index contributed by atoms with van der Waals surface area (Å²) < 4.78 is 2.55. The minimum atomic E-state index is -0.468. The van der Waals surface area contributed by atoms with Gasteiger partial charge in [0, 0.05) is 38.8 Å². The zero-order chi connectivity index (χ0) is 21.3. The second-order valence-corrected chi connectivity index (χ2v) is 7.93. The van der Waals surface area contributed by atoms with Crippen molar-refractivity contribution in [2.45, 2.75) is 38.9 Å². The normalized spacial score (nSPS) is 17.3. The number of nitrogens with zero attached hydrogens (tertiary/aromatic N) is 4. The first-order valence-corrected chi connectivity index (χ1v) is 10.5. The van der Waals surface area contributed by atoms with Gasteiger partial charge in [-0.25, -0.2) is 4.79 Å². The first-order valence-electron chi connectivity index (χ1n) is 10.5. The number of amides is 2. The molecule has 2 fully saturated rings. The highest BCUT2D eigenvalue weighted by atomic mass is 16.2. The van der Waals surface area contributed by atoms with Crippen LogP contribution in [0.5, 0.6) is 0 Å². The highest BCUT2D eigenvalue weighted by Gasteiger charge is 2.27. The Balaban J connectivity index is 1.44. The molecule has 9 nitrogen and oxygen atoms in total. The van der Waals surface area contributed by atoms with Gasteiger partial charge in [0.25, 0.3) is 5.56 Å². The van der Waals surface area contributed by atoms with Gasteiger partial charge >= 0.3 is 5.69 Å². The number of rotatable bonds is 6. The maximum atomic E-state index is 12.9. The molecule has 2 aromatic rings. The molecule has 2 amide bonds. The van der Waals surface area contributed by atoms with E-state index in [-0.39, 0.29) is 30.5 Å². The second kappa shape index (κ2) is 8.43. The van der Waals surface area contributed by atoms with E-state index >= 15 is 0 Å². The summed E-state index contributed by atoms with van der Waals surface area (Å²) in [7, 11) is 0. The summed E-state index contributed by atoms with van der Waals surface area (Å²) in [6.45, 7) is 4.49. The van der Waals surface area contributed by atoms with Crippen LogP contribution in [-0.2, 0) is 22.7 Å². The number of hydrogen-bond donors (Lipinski definition) is 1. The molecule has 30 heavy (non-hydrogen) atoms. The molecule has 2 aliphatic rings. The molecule has 0 bridgehead atoms. The lowest BCUT2D eigenvalue weighted by molar-refractivity contribution is -0.133. The number of hydrogen-bond acceptors (Lipinski definition) is 5. The van der Waals surface area contributed by atoms with Crippen LogP contribution in [0.4, 0.5) is 0 Å². The molecule has 1 saturated carbocycles. The number of benzene rings is 1. The molecule has 0 unspecified atom stereocenters. The summed E-state index contributed by atoms with van der Waals surface area (Å²) in [5, 5.41) is 3.41. The first kappa shape index (κ1) is 20.3. The molecule has 2 heterocycles. The third-order valence-electron chi connectivity index (χ3n) is 5.78. The third-order valence-corrected chi connectivity index (χ3v) is 5.78. The Kier molecular flexibility index (Phi) is 5.72. The van der Waals surface area contributed by atoms with E-state index in [9.17, 15) is 19.2 Å². The lowest BCUT2D eigenvalue weighted by Gasteiger charge is -2.34. The lowest BCUT2D eigenvalue weighted by Crippen LogP contribution is -2.52. The molecule has 1 N–H and O–H groups in total. The Morgan fingerprint density at radius 3 is 2.37 bits per heavy atom. The SMILES string of the molecule is CCn1c(=O)c2ccccc2n(CC(=O)N2CCN(CC(=O)NC3CC3)CC2)c1=O. The summed E-state index contributed by atoms with van der Waals surface area (Å²) in [6.07, 6.45) is 2.13. The van der Waals surface area contributed by atoms with Crippen LogP contribution in [0.25, 0.3) is 10.9 Å². The number of piperazine rings is 1. The molecule has 1 aliphatic heterocycles. The molecular formula is C21H27N5O4. The van der Waals surface area contributed by atoms with E-state index in [1.165, 1.54) is 4.57 Å². The molecule has 0 spiro atoms. The Morgan fingerprint density at radius 2 is 1.70 bits per heavy atom. The molecular weight excluding hydrogens is 386 g/mol. The van der Waals surface area contributed by atoms with Crippen molar-refractivity contribution in [3.05, 3.63) is 45.1 Å². The van der Waals surface area contributed by atoms with E-state index in [4.69, 9.17) is 0 Å². The average Bonchev–Trinajstić information content (AvgIpc) is 3.55. The van der Waals surface area contributed by atoms with E-state index < -0.39 is 5.69 Å². The standard InChI is InChI=1S/C21H27N5O4/c1-2-25-20(29)16-5-3-4-6-17(16)26(21(25)30)14-19(28)24-11-9-23(10-12-24)13-18(27)22-15-7-8-15/h3-6,15H,2,7-14H2,1H3,(H,22,27). The highest BCUT2D eigenvalue weighted by molar-refractivity contribution is 5.82. The summed E-state index contributed by atoms with van der Waals surface area (Å²) in [5.41, 5.74) is -0.328. The number of para-hydroxylation sites is 1. The fourth-order valence-electron chi connectivity index (χ4n) is 3.90. The summed E-state index contributed by atoms with van der Waals surface area (Å²) >= 11 is 0. The van der Waals surface area contributed by atoms with Crippen LogP contribution >= 0.6 is 0 Å². The number of fused-ring (bicyclic) bond motifs is 1. The summed E-state index contributed by atoms with van der Waals surface area (Å²) in [4.78, 5) is 54.0. The Hall–Kier alpha value is -2.94. The fraction of sp³-hybridized carbons (Fsp3) is 0.524. The Morgan fingerprint density at radius 1 is 1.00 bits per heavy atom. The van der Waals surface area contributed by atoms with Gasteiger partial charge in [-0.2, -0.15) is 0 Å². The number of aromatic nitrogens is 2. The van der Waals surface area contributed by atoms with Crippen LogP contribution in [-0.4, -0.2) is 69.5 Å². The van der Waals surface area contributed by atoms with Crippen LogP contribution in [0, 0.1) is 0 Å². The van der Waals surface area contributed by atoms with Gasteiger partial charge in [0.2, 0.25) is 11.8 Å². The molecule has 1 aromatic carbocycles. The van der Waals surface area contributed by atoms with Crippen LogP contribution < -0.4 is 16.6 Å². The van der Waals surface area contributed by atoms with Gasteiger partial charge in [-0.3, -0.25) is 28.4 Å². The highest BCUT2D eigenvalue weighted by Crippen LogP contribution is 2.18. The average molecular weight is 413 g/mol. The van der Waals surface area contributed by atoms with Gasteiger partial charge in [-0.05, 0) is 31.9 Å². The molecule has 4 rings (SSSR count). The number of carbonyl (C=O) groups excluding carboxylic acids is 2. The zero-order valence-electron chi connectivity index (χ0n) is 17.2. The van der Waals surface area contributed by atoms with Crippen molar-refractivity contribution in [3.63, 3.8) is 0 Å². The van der Waals surface area contributed by atoms with E-state index in [0.717, 1.165) is 17.4 Å². The van der Waals surface area contributed by atoms with E-state index in [0.29, 0.717) is 49.7 Å². The zero-order valence-corrected chi connectivity index (χ0v) is 17.2. The Bertz CT molecular complexity index is 1080. The van der Waals surface area contributed by atoms with Gasteiger partial charge in [-0.1, -0.05) is 12.1 Å². The lowest BCUT2D eigenvalue weighted by atomic mass is 10.2. The molecule has 1 aromatic heterocycles. The molecule has 9 heteroatoms. The number of carbonyl (C=O) groups is 2. The summed E-state index contributed by atoms with van der Waals surface area (Å²) in [6, 6.07) is 7.22. The molecule has 1 saturated heterocycles. The predicted octanol–water partition coefficient (Wildman–Crippen LogP) is -0.394. The molecule has 160 valence electrons. The number of nitrogens with one attached hydrogen (secondary N) is 1. The van der Waals surface area contributed by atoms with Crippen molar-refractivity contribution in [1.29, 1.82) is 0 Å². The minimum Gasteiger partial charge on any atom is -0.352 e. The van der Waals surface area contributed by atoms with Crippen LogP contribution in [0.2, 0.25) is 0 Å². The van der Waals surface area contributed by atoms with Gasteiger partial charge in [-0.15, -0.1) is 0 Å². The van der Waals surface area contributed by atoms with E-state index in [1.807, 2.05) is 4.90 Å². The second-order valence-electron chi connectivity index (χ2n) is 7.93. The van der Waals surface area contributed by atoms with E-state index in [2.05, 4.69) is 5.32 Å². The van der Waals surface area contributed by atoms with Crippen molar-refractivity contribution >= 4 is 22.7 Å². The molecule has 1 aliphatic carbocycles. The summed E-state index contributed by atoms with van der Waals surface area (Å²) in [5.74, 6) is -0.122. The van der Waals surface area contributed by atoms with Crippen LogP contribution in [0.3, 0.4) is 0 Å². The fourth-order valence-corrected chi connectivity index (χ4v) is 3.90. The quantitative estimate of drug-likeness (QED) is 0.696. The Labute approximate surface area is 173 Å². The molecule has 0 atom stereocenters. The monoisotopic (exact) mass is 413 g/mol. The van der Waals surface area contributed by atoms with Crippen molar-refractivity contribution < 1.29 is 9.59 Å². The minimum absolute atomic E-state index is 0.0390. The van der Waals surface area contributed by atoms with Gasteiger partial charge in [0.15, 0.2) is 0 Å². The van der Waals surface area contributed by atoms with Gasteiger partial charge in [0.05, 0.1) is 17.4 Å².